The maximum absolute atomic E-state index is 8.60. The highest BCUT2D eigenvalue weighted by atomic mass is 35.7. The van der Waals surface area contributed by atoms with Crippen molar-refractivity contribution in [2.45, 2.75) is 6.92 Å². The van der Waals surface area contributed by atoms with Crippen molar-refractivity contribution in [3.05, 3.63) is 42.2 Å². The fraction of sp³-hybridized carbons (Fsp3) is 0.0909. The van der Waals surface area contributed by atoms with Crippen LogP contribution in [0.15, 0.2) is 36.5 Å². The summed E-state index contributed by atoms with van der Waals surface area (Å²) in [5, 5.41) is 0. The van der Waals surface area contributed by atoms with Gasteiger partial charge in [0.05, 0.1) is 25.9 Å². The third-order valence-electron chi connectivity index (χ3n) is 2.40. The van der Waals surface area contributed by atoms with Gasteiger partial charge in [-0.25, -0.2) is 9.97 Å². The second kappa shape index (κ2) is 5.08. The van der Waals surface area contributed by atoms with Gasteiger partial charge in [-0.05, 0) is 25.1 Å². The molecule has 3 rings (SSSR count). The highest BCUT2D eigenvalue weighted by Gasteiger charge is 2.04. The Morgan fingerprint density at radius 1 is 1.16 bits per heavy atom. The lowest BCUT2D eigenvalue weighted by Crippen LogP contribution is -2.58. The van der Waals surface area contributed by atoms with E-state index in [4.69, 9.17) is 18.6 Å². The van der Waals surface area contributed by atoms with E-state index in [0.717, 1.165) is 22.5 Å². The minimum Gasteiger partial charge on any atom is -0.281 e. The third-order valence-corrected chi connectivity index (χ3v) is 2.40. The predicted octanol–water partition coefficient (Wildman–Crippen LogP) is -1.93. The normalized spacial score (nSPS) is 11.4. The van der Waals surface area contributed by atoms with Crippen molar-refractivity contribution in [2.24, 2.45) is 0 Å². The summed E-state index contributed by atoms with van der Waals surface area (Å²) in [6, 6.07) is 10.1. The molecule has 0 aliphatic rings. The first-order chi connectivity index (χ1) is 8.86. The average molecular weight is 284 g/mol. The van der Waals surface area contributed by atoms with Crippen LogP contribution in [0.2, 0.25) is 0 Å². The van der Waals surface area contributed by atoms with Crippen LogP contribution in [-0.4, -0.2) is 19.0 Å². The van der Waals surface area contributed by atoms with Gasteiger partial charge in [-0.15, -0.1) is 0 Å². The summed E-state index contributed by atoms with van der Waals surface area (Å²) in [7, 11) is -4.69. The van der Waals surface area contributed by atoms with Gasteiger partial charge in [0, 0.05) is 11.9 Å². The van der Waals surface area contributed by atoms with Crippen LogP contribution in [0.4, 0.5) is 0 Å². The summed E-state index contributed by atoms with van der Waals surface area (Å²) in [5.74, 6) is 0.770. The summed E-state index contributed by atoms with van der Waals surface area (Å²) in [6.45, 7) is 2.06. The first-order valence-corrected chi connectivity index (χ1v) is 6.45. The van der Waals surface area contributed by atoms with Crippen molar-refractivity contribution < 1.29 is 28.9 Å². The molecule has 0 spiro atoms. The molecule has 2 heterocycles. The van der Waals surface area contributed by atoms with E-state index < -0.39 is 10.2 Å². The highest BCUT2D eigenvalue weighted by molar-refractivity contribution is 5.79. The second-order valence-corrected chi connectivity index (χ2v) is 4.51. The van der Waals surface area contributed by atoms with Gasteiger partial charge < -0.3 is 0 Å². The summed E-state index contributed by atoms with van der Waals surface area (Å²) in [4.78, 5) is 8.66. The molecule has 0 atom stereocenters. The SMILES string of the molecule is Cc1ccnc2nc3ccccc3n12.[O-][Cl+3]([O-])([O-])O. The lowest BCUT2D eigenvalue weighted by atomic mass is 10.3. The maximum Gasteiger partial charge on any atom is 0.234 e. The van der Waals surface area contributed by atoms with Crippen molar-refractivity contribution in [3.8, 4) is 0 Å². The van der Waals surface area contributed by atoms with E-state index in [1.54, 1.807) is 6.20 Å². The zero-order chi connectivity index (χ0) is 14.0. The van der Waals surface area contributed by atoms with Crippen LogP contribution in [0.1, 0.15) is 5.69 Å². The first kappa shape index (κ1) is 13.7. The Kier molecular flexibility index (Phi) is 3.65. The molecule has 0 amide bonds. The average Bonchev–Trinajstić information content (AvgIpc) is 2.66. The molecule has 0 saturated carbocycles. The standard InChI is InChI=1S/C11H9N3.ClHO4/c1-8-6-7-12-11-13-9-4-2-3-5-10(9)14(8)11;2-1(3,4)5/h2-7H,1H3;(H,2,3,4,5). The van der Waals surface area contributed by atoms with Gasteiger partial charge in [0.25, 0.3) is 0 Å². The highest BCUT2D eigenvalue weighted by Crippen LogP contribution is 2.15. The number of benzene rings is 1. The number of nitrogens with zero attached hydrogens (tertiary/aromatic N) is 3. The van der Waals surface area contributed by atoms with Gasteiger partial charge in [0.15, 0.2) is 0 Å². The maximum atomic E-state index is 8.60. The molecule has 3 aromatic rings. The van der Waals surface area contributed by atoms with Gasteiger partial charge in [0.1, 0.15) is 0 Å². The molecule has 0 aliphatic carbocycles. The minimum atomic E-state index is -4.69. The Morgan fingerprint density at radius 3 is 2.47 bits per heavy atom. The Balaban J connectivity index is 0.000000232. The van der Waals surface area contributed by atoms with Crippen molar-refractivity contribution in [2.75, 3.05) is 0 Å². The Labute approximate surface area is 110 Å². The van der Waals surface area contributed by atoms with Gasteiger partial charge in [0.2, 0.25) is 5.78 Å². The number of aryl methyl sites for hydroxylation is 1. The fourth-order valence-corrected chi connectivity index (χ4v) is 1.73. The predicted molar refractivity (Wildman–Crippen MR) is 57.4 cm³/mol. The first-order valence-electron chi connectivity index (χ1n) is 5.18. The smallest absolute Gasteiger partial charge is 0.234 e. The lowest BCUT2D eigenvalue weighted by molar-refractivity contribution is -1.92. The van der Waals surface area contributed by atoms with Gasteiger partial charge in [-0.3, -0.25) is 4.40 Å². The Morgan fingerprint density at radius 2 is 1.79 bits per heavy atom. The minimum absolute atomic E-state index is 0.770. The van der Waals surface area contributed by atoms with E-state index in [9.17, 15) is 0 Å². The van der Waals surface area contributed by atoms with Crippen molar-refractivity contribution >= 4 is 16.8 Å². The molecule has 0 unspecified atom stereocenters. The van der Waals surface area contributed by atoms with Gasteiger partial charge in [-0.2, -0.15) is 14.0 Å². The molecule has 1 aromatic carbocycles. The van der Waals surface area contributed by atoms with E-state index in [1.165, 1.54) is 0 Å². The molecule has 0 aliphatic heterocycles. The van der Waals surface area contributed by atoms with E-state index >= 15 is 0 Å². The molecule has 0 radical (unpaired) electrons. The van der Waals surface area contributed by atoms with E-state index in [2.05, 4.69) is 27.4 Å². The number of fused-ring (bicyclic) bond motifs is 3. The summed E-state index contributed by atoms with van der Waals surface area (Å²) < 4.78 is 34.8. The third kappa shape index (κ3) is 3.37. The van der Waals surface area contributed by atoms with E-state index in [0.29, 0.717) is 0 Å². The number of aromatic nitrogens is 3. The van der Waals surface area contributed by atoms with E-state index in [-0.39, 0.29) is 0 Å². The van der Waals surface area contributed by atoms with Crippen LogP contribution in [0.3, 0.4) is 0 Å². The molecule has 100 valence electrons. The van der Waals surface area contributed by atoms with Gasteiger partial charge >= 0.3 is 0 Å². The van der Waals surface area contributed by atoms with E-state index in [1.807, 2.05) is 24.3 Å². The van der Waals surface area contributed by atoms with Crippen LogP contribution in [0, 0.1) is 17.2 Å². The zero-order valence-electron chi connectivity index (χ0n) is 9.86. The number of halogens is 1. The number of imidazole rings is 1. The van der Waals surface area contributed by atoms with Gasteiger partial charge in [-0.1, -0.05) is 12.1 Å². The van der Waals surface area contributed by atoms with Crippen LogP contribution in [0.5, 0.6) is 0 Å². The molecule has 8 heteroatoms. The largest absolute Gasteiger partial charge is 0.281 e. The van der Waals surface area contributed by atoms with Crippen molar-refractivity contribution in [3.63, 3.8) is 0 Å². The van der Waals surface area contributed by atoms with Crippen LogP contribution >= 0.6 is 0 Å². The van der Waals surface area contributed by atoms with Crippen molar-refractivity contribution in [1.29, 1.82) is 0 Å². The fourth-order valence-electron chi connectivity index (χ4n) is 1.73. The van der Waals surface area contributed by atoms with Crippen LogP contribution in [0.25, 0.3) is 16.8 Å². The summed E-state index contributed by atoms with van der Waals surface area (Å²) in [5.41, 5.74) is 3.27. The van der Waals surface area contributed by atoms with Crippen LogP contribution in [-0.2, 0) is 0 Å². The molecule has 0 fully saturated rings. The number of para-hydroxylation sites is 2. The number of hydrogen-bond donors (Lipinski definition) is 1. The number of rotatable bonds is 0. The molecular formula is C11H10ClN3O4. The molecule has 7 nitrogen and oxygen atoms in total. The molecular weight excluding hydrogens is 274 g/mol. The zero-order valence-corrected chi connectivity index (χ0v) is 10.6. The summed E-state index contributed by atoms with van der Waals surface area (Å²) in [6.07, 6.45) is 1.79. The Bertz CT molecular complexity index is 702. The van der Waals surface area contributed by atoms with Crippen molar-refractivity contribution in [1.82, 2.24) is 14.4 Å². The Hall–Kier alpha value is -1.77. The van der Waals surface area contributed by atoms with Crippen LogP contribution < -0.4 is 14.0 Å². The molecule has 1 N–H and O–H groups in total. The molecule has 0 saturated heterocycles. The second-order valence-electron chi connectivity index (χ2n) is 3.72. The monoisotopic (exact) mass is 283 g/mol. The molecule has 19 heavy (non-hydrogen) atoms. The molecule has 2 aromatic heterocycles. The molecule has 0 bridgehead atoms. The quantitative estimate of drug-likeness (QED) is 0.513. The summed E-state index contributed by atoms with van der Waals surface area (Å²) >= 11 is 0. The topological polar surface area (TPSA) is 120 Å². The number of hydrogen-bond acceptors (Lipinski definition) is 6. The lowest BCUT2D eigenvalue weighted by Gasteiger charge is -2.03.